The summed E-state index contributed by atoms with van der Waals surface area (Å²) in [6, 6.07) is 7.48. The van der Waals surface area contributed by atoms with Crippen LogP contribution in [0.3, 0.4) is 0 Å². The van der Waals surface area contributed by atoms with Crippen molar-refractivity contribution < 1.29 is 14.0 Å². The number of benzene rings is 1. The van der Waals surface area contributed by atoms with Gasteiger partial charge >= 0.3 is 0 Å². The van der Waals surface area contributed by atoms with Crippen LogP contribution in [-0.2, 0) is 13.0 Å². The minimum atomic E-state index is 0.469. The molecule has 4 rings (SSSR count). The highest BCUT2D eigenvalue weighted by molar-refractivity contribution is 7.17. The molecule has 1 aromatic carbocycles. The molecule has 0 saturated carbocycles. The Morgan fingerprint density at radius 1 is 1.14 bits per heavy atom. The fourth-order valence-corrected chi connectivity index (χ4v) is 4.02. The quantitative estimate of drug-likeness (QED) is 0.491. The molecule has 3 heterocycles. The van der Waals surface area contributed by atoms with Crippen molar-refractivity contribution in [2.75, 3.05) is 19.5 Å². The lowest BCUT2D eigenvalue weighted by atomic mass is 10.1. The van der Waals surface area contributed by atoms with E-state index in [1.165, 1.54) is 5.56 Å². The van der Waals surface area contributed by atoms with E-state index in [9.17, 15) is 0 Å². The zero-order valence-corrected chi connectivity index (χ0v) is 16.7. The number of nitrogens with zero attached hydrogens (tertiary/aromatic N) is 3. The molecule has 0 spiro atoms. The Balaban J connectivity index is 1.56. The molecule has 0 bridgehead atoms. The van der Waals surface area contributed by atoms with E-state index in [1.807, 2.05) is 24.3 Å². The van der Waals surface area contributed by atoms with E-state index >= 15 is 0 Å². The molecule has 0 unspecified atom stereocenters. The van der Waals surface area contributed by atoms with Crippen LogP contribution in [0.5, 0.6) is 11.5 Å². The smallest absolute Gasteiger partial charge is 0.156 e. The first-order valence-corrected chi connectivity index (χ1v) is 9.74. The van der Waals surface area contributed by atoms with Gasteiger partial charge in [-0.15, -0.1) is 11.3 Å². The number of anilines is 1. The van der Waals surface area contributed by atoms with Gasteiger partial charge in [0, 0.05) is 17.7 Å². The van der Waals surface area contributed by atoms with Crippen molar-refractivity contribution in [1.29, 1.82) is 0 Å². The molecular formula is C20H20N4O3S. The molecule has 0 aliphatic carbocycles. The number of nitrogens with one attached hydrogen (secondary N) is 1. The number of aryl methyl sites for hydroxylation is 1. The minimum absolute atomic E-state index is 0.469. The summed E-state index contributed by atoms with van der Waals surface area (Å²) in [7, 11) is 3.24. The molecule has 8 heteroatoms. The average molecular weight is 396 g/mol. The van der Waals surface area contributed by atoms with Gasteiger partial charge in [0.1, 0.15) is 34.2 Å². The number of thiophene rings is 1. The third-order valence-electron chi connectivity index (χ3n) is 4.50. The Bertz CT molecular complexity index is 1110. The summed E-state index contributed by atoms with van der Waals surface area (Å²) in [5.74, 6) is 2.91. The summed E-state index contributed by atoms with van der Waals surface area (Å²) in [4.78, 5) is 9.73. The number of methoxy groups -OCH3 is 2. The normalized spacial score (nSPS) is 11.0. The van der Waals surface area contributed by atoms with E-state index in [1.54, 1.807) is 31.9 Å². The Labute approximate surface area is 166 Å². The average Bonchev–Trinajstić information content (AvgIpc) is 3.38. The highest BCUT2D eigenvalue weighted by Gasteiger charge is 2.14. The van der Waals surface area contributed by atoms with Crippen molar-refractivity contribution in [2.45, 2.75) is 19.9 Å². The van der Waals surface area contributed by atoms with Crippen LogP contribution in [-0.4, -0.2) is 29.3 Å². The lowest BCUT2D eigenvalue weighted by molar-refractivity contribution is 0.386. The van der Waals surface area contributed by atoms with Gasteiger partial charge in [-0.05, 0) is 29.5 Å². The van der Waals surface area contributed by atoms with E-state index < -0.39 is 0 Å². The first kappa shape index (κ1) is 18.2. The standard InChI is InChI=1S/C20H20N4O3S/c1-4-12-10-28-20-18(12)19(22-11-23-20)21-9-14-7-16(24-27-14)15-6-5-13(25-2)8-17(15)26-3/h5-8,10-11H,4,9H2,1-3H3,(H,21,22,23). The zero-order valence-electron chi connectivity index (χ0n) is 15.9. The van der Waals surface area contributed by atoms with Gasteiger partial charge in [-0.1, -0.05) is 12.1 Å². The Morgan fingerprint density at radius 2 is 2.04 bits per heavy atom. The lowest BCUT2D eigenvalue weighted by Gasteiger charge is -2.07. The van der Waals surface area contributed by atoms with Crippen molar-refractivity contribution in [3.05, 3.63) is 47.3 Å². The fraction of sp³-hybridized carbons (Fsp3) is 0.250. The molecule has 0 fully saturated rings. The van der Waals surface area contributed by atoms with Crippen LogP contribution in [0.1, 0.15) is 18.2 Å². The predicted molar refractivity (Wildman–Crippen MR) is 109 cm³/mol. The summed E-state index contributed by atoms with van der Waals surface area (Å²) in [6.07, 6.45) is 2.51. The third kappa shape index (κ3) is 3.38. The maximum Gasteiger partial charge on any atom is 0.156 e. The summed E-state index contributed by atoms with van der Waals surface area (Å²) < 4.78 is 16.2. The highest BCUT2D eigenvalue weighted by Crippen LogP contribution is 2.33. The molecule has 0 amide bonds. The monoisotopic (exact) mass is 396 g/mol. The van der Waals surface area contributed by atoms with Gasteiger partial charge < -0.3 is 19.3 Å². The third-order valence-corrected chi connectivity index (χ3v) is 5.44. The van der Waals surface area contributed by atoms with Crippen molar-refractivity contribution in [3.8, 4) is 22.8 Å². The van der Waals surface area contributed by atoms with Crippen molar-refractivity contribution in [3.63, 3.8) is 0 Å². The number of hydrogen-bond donors (Lipinski definition) is 1. The van der Waals surface area contributed by atoms with Crippen LogP contribution in [0.2, 0.25) is 0 Å². The zero-order chi connectivity index (χ0) is 19.5. The molecule has 144 valence electrons. The summed E-state index contributed by atoms with van der Waals surface area (Å²) >= 11 is 1.63. The molecule has 0 aliphatic rings. The summed E-state index contributed by atoms with van der Waals surface area (Å²) in [6.45, 7) is 2.60. The highest BCUT2D eigenvalue weighted by atomic mass is 32.1. The number of hydrogen-bond acceptors (Lipinski definition) is 8. The van der Waals surface area contributed by atoms with Gasteiger partial charge in [0.05, 0.1) is 26.2 Å². The van der Waals surface area contributed by atoms with Gasteiger partial charge in [-0.3, -0.25) is 0 Å². The second kappa shape index (κ2) is 7.85. The molecule has 28 heavy (non-hydrogen) atoms. The van der Waals surface area contributed by atoms with Gasteiger partial charge in [-0.25, -0.2) is 9.97 Å². The molecule has 0 saturated heterocycles. The number of aromatic nitrogens is 3. The Hall–Kier alpha value is -3.13. The molecule has 0 radical (unpaired) electrons. The van der Waals surface area contributed by atoms with Crippen LogP contribution >= 0.6 is 11.3 Å². The Kier molecular flexibility index (Phi) is 5.12. The van der Waals surface area contributed by atoms with E-state index in [0.717, 1.165) is 33.8 Å². The Morgan fingerprint density at radius 3 is 2.82 bits per heavy atom. The fourth-order valence-electron chi connectivity index (χ4n) is 3.03. The second-order valence-corrected chi connectivity index (χ2v) is 6.97. The molecule has 0 aliphatic heterocycles. The van der Waals surface area contributed by atoms with E-state index in [2.05, 4.69) is 32.7 Å². The van der Waals surface area contributed by atoms with Crippen molar-refractivity contribution >= 4 is 27.4 Å². The minimum Gasteiger partial charge on any atom is -0.497 e. The van der Waals surface area contributed by atoms with E-state index in [0.29, 0.717) is 23.7 Å². The first-order chi connectivity index (χ1) is 13.7. The SMILES string of the molecule is CCc1csc2ncnc(NCc3cc(-c4ccc(OC)cc4OC)no3)c12. The second-order valence-electron chi connectivity index (χ2n) is 6.12. The summed E-state index contributed by atoms with van der Waals surface area (Å²) in [5.41, 5.74) is 2.78. The van der Waals surface area contributed by atoms with Gasteiger partial charge in [0.2, 0.25) is 0 Å². The maximum atomic E-state index is 5.51. The number of ether oxygens (including phenoxy) is 2. The van der Waals surface area contributed by atoms with Crippen molar-refractivity contribution in [2.24, 2.45) is 0 Å². The molecule has 4 aromatic rings. The van der Waals surface area contributed by atoms with Gasteiger partial charge in [0.25, 0.3) is 0 Å². The van der Waals surface area contributed by atoms with Gasteiger partial charge in [-0.2, -0.15) is 0 Å². The lowest BCUT2D eigenvalue weighted by Crippen LogP contribution is -2.01. The van der Waals surface area contributed by atoms with Crippen LogP contribution in [0.4, 0.5) is 5.82 Å². The molecule has 0 atom stereocenters. The number of rotatable bonds is 7. The summed E-state index contributed by atoms with van der Waals surface area (Å²) in [5, 5.41) is 10.7. The first-order valence-electron chi connectivity index (χ1n) is 8.86. The van der Waals surface area contributed by atoms with Crippen LogP contribution < -0.4 is 14.8 Å². The molecule has 3 aromatic heterocycles. The van der Waals surface area contributed by atoms with Crippen LogP contribution in [0.15, 0.2) is 40.5 Å². The van der Waals surface area contributed by atoms with Crippen LogP contribution in [0.25, 0.3) is 21.5 Å². The van der Waals surface area contributed by atoms with Crippen molar-refractivity contribution in [1.82, 2.24) is 15.1 Å². The predicted octanol–water partition coefficient (Wildman–Crippen LogP) is 4.54. The molecule has 7 nitrogen and oxygen atoms in total. The van der Waals surface area contributed by atoms with E-state index in [4.69, 9.17) is 14.0 Å². The maximum absolute atomic E-state index is 5.51. The topological polar surface area (TPSA) is 82.3 Å². The van der Waals surface area contributed by atoms with Crippen LogP contribution in [0, 0.1) is 0 Å². The molecule has 1 N–H and O–H groups in total. The largest absolute Gasteiger partial charge is 0.497 e. The molecular weight excluding hydrogens is 376 g/mol. The van der Waals surface area contributed by atoms with E-state index in [-0.39, 0.29) is 0 Å². The van der Waals surface area contributed by atoms with Gasteiger partial charge in [0.15, 0.2) is 5.76 Å². The number of fused-ring (bicyclic) bond motifs is 1.